The van der Waals surface area contributed by atoms with E-state index in [4.69, 9.17) is 14.5 Å². The smallest absolute Gasteiger partial charge is 0.272 e. The van der Waals surface area contributed by atoms with E-state index in [1.807, 2.05) is 117 Å². The van der Waals surface area contributed by atoms with Crippen molar-refractivity contribution in [2.24, 2.45) is 0 Å². The van der Waals surface area contributed by atoms with E-state index in [1.54, 1.807) is 18.2 Å². The Kier molecular flexibility index (Phi) is 19.2. The molecular formula is C79H82N14O8S. The first-order valence-electron chi connectivity index (χ1n) is 35.0. The largest absolute Gasteiger partial charge is 0.456 e. The number of amides is 1. The second-order valence-corrected chi connectivity index (χ2v) is 28.6. The van der Waals surface area contributed by atoms with E-state index in [9.17, 15) is 27.6 Å². The summed E-state index contributed by atoms with van der Waals surface area (Å²) >= 11 is 0. The molecule has 1 aliphatic carbocycles. The lowest BCUT2D eigenvalue weighted by Gasteiger charge is -2.34. The van der Waals surface area contributed by atoms with Crippen molar-refractivity contribution < 1.29 is 22.7 Å². The van der Waals surface area contributed by atoms with E-state index in [-0.39, 0.29) is 33.6 Å². The molecular weight excluding hydrogens is 1310 g/mol. The molecule has 1 unspecified atom stereocenters. The van der Waals surface area contributed by atoms with Gasteiger partial charge in [-0.05, 0) is 146 Å². The number of anilines is 1. The molecule has 3 fully saturated rings. The van der Waals surface area contributed by atoms with Crippen LogP contribution < -0.4 is 41.7 Å². The number of benzene rings is 7. The predicted octanol–water partition coefficient (Wildman–Crippen LogP) is 9.56. The minimum atomic E-state index is -3.68. The molecule has 23 heteroatoms. The summed E-state index contributed by atoms with van der Waals surface area (Å²) in [5, 5.41) is 18.8. The SMILES string of the molecule is CCC(NS(=O)(=O)c1ccc2c(c1)Cc1c-2[nH]c(=O)c2ccccc12)N1CCOCC1.CN1CCN(Cc2ccc3c(c2)-c2n[nH]c(=O)c4cccc(c24)O3)CC1.CN1CCN(c2ccc3[nH]c(=O)c4ccccc4c3n2)CC1.CNCc1ccc(-c2[nH]c3cccc4c3c2CCNC4=O)cc1. The average Bonchev–Trinajstić information content (AvgIpc) is 1.73. The van der Waals surface area contributed by atoms with Crippen LogP contribution in [0.5, 0.6) is 11.5 Å². The molecule has 0 radical (unpaired) electrons. The van der Waals surface area contributed by atoms with Gasteiger partial charge in [-0.15, -0.1) is 0 Å². The van der Waals surface area contributed by atoms with Gasteiger partial charge in [0.05, 0.1) is 51.8 Å². The molecule has 22 nitrogen and oxygen atoms in total. The van der Waals surface area contributed by atoms with E-state index >= 15 is 0 Å². The zero-order valence-corrected chi connectivity index (χ0v) is 58.4. The number of carbonyl (C=O) groups is 1. The summed E-state index contributed by atoms with van der Waals surface area (Å²) in [7, 11) is 2.57. The Hall–Kier alpha value is -10.2. The van der Waals surface area contributed by atoms with Crippen LogP contribution in [0.25, 0.3) is 88.0 Å². The molecule has 3 saturated heterocycles. The summed E-state index contributed by atoms with van der Waals surface area (Å²) in [6, 6.07) is 50.5. The van der Waals surface area contributed by atoms with Crippen molar-refractivity contribution in [1.82, 2.24) is 65.1 Å². The molecule has 7 aromatic carbocycles. The van der Waals surface area contributed by atoms with Crippen LogP contribution in [0.2, 0.25) is 0 Å². The van der Waals surface area contributed by atoms with Crippen LogP contribution in [-0.4, -0.2) is 177 Å². The summed E-state index contributed by atoms with van der Waals surface area (Å²) in [5.74, 6) is 2.48. The van der Waals surface area contributed by atoms with E-state index in [0.29, 0.717) is 67.6 Å². The van der Waals surface area contributed by atoms with Crippen LogP contribution in [-0.2, 0) is 40.7 Å². The van der Waals surface area contributed by atoms with E-state index in [2.05, 4.69) is 115 Å². The van der Waals surface area contributed by atoms with E-state index < -0.39 is 10.0 Å². The Morgan fingerprint density at radius 1 is 0.588 bits per heavy atom. The number of aromatic nitrogens is 6. The minimum absolute atomic E-state index is 0.0178. The molecule has 522 valence electrons. The second kappa shape index (κ2) is 29.0. The number of fused-ring (bicyclic) bond motifs is 10. The number of sulfonamides is 1. The van der Waals surface area contributed by atoms with Gasteiger partial charge in [0.1, 0.15) is 23.0 Å². The van der Waals surface area contributed by atoms with Crippen molar-refractivity contribution in [3.8, 4) is 45.3 Å². The molecule has 0 saturated carbocycles. The Labute approximate surface area is 589 Å². The van der Waals surface area contributed by atoms with Gasteiger partial charge in [-0.2, -0.15) is 9.82 Å². The van der Waals surface area contributed by atoms with Crippen LogP contribution in [0.1, 0.15) is 51.5 Å². The third kappa shape index (κ3) is 13.6. The Balaban J connectivity index is 0.000000111. The topological polar surface area (TPSA) is 262 Å². The van der Waals surface area contributed by atoms with Gasteiger partial charge in [0, 0.05) is 141 Å². The van der Waals surface area contributed by atoms with Crippen molar-refractivity contribution in [1.29, 1.82) is 0 Å². The van der Waals surface area contributed by atoms with Gasteiger partial charge >= 0.3 is 0 Å². The van der Waals surface area contributed by atoms with Crippen molar-refractivity contribution in [3.05, 3.63) is 222 Å². The van der Waals surface area contributed by atoms with Gasteiger partial charge in [0.25, 0.3) is 22.6 Å². The molecule has 7 N–H and O–H groups in total. The fourth-order valence-corrected chi connectivity index (χ4v) is 16.2. The lowest BCUT2D eigenvalue weighted by atomic mass is 9.99. The van der Waals surface area contributed by atoms with Gasteiger partial charge in [-0.3, -0.25) is 29.0 Å². The maximum Gasteiger partial charge on any atom is 0.272 e. The van der Waals surface area contributed by atoms with E-state index in [1.165, 1.54) is 16.7 Å². The van der Waals surface area contributed by atoms with Crippen molar-refractivity contribution in [3.63, 3.8) is 0 Å². The van der Waals surface area contributed by atoms with Gasteiger partial charge in [0.2, 0.25) is 10.0 Å². The number of hydrogen-bond donors (Lipinski definition) is 7. The number of pyridine rings is 3. The number of carbonyl (C=O) groups excluding carboxylic acids is 1. The second-order valence-electron chi connectivity index (χ2n) is 26.9. The van der Waals surface area contributed by atoms with E-state index in [0.717, 1.165) is 172 Å². The predicted molar refractivity (Wildman–Crippen MR) is 402 cm³/mol. The highest BCUT2D eigenvalue weighted by Gasteiger charge is 2.30. The van der Waals surface area contributed by atoms with Gasteiger partial charge < -0.3 is 49.8 Å². The van der Waals surface area contributed by atoms with Crippen molar-refractivity contribution in [2.45, 2.75) is 50.3 Å². The molecule has 12 aromatic rings. The third-order valence-electron chi connectivity index (χ3n) is 20.4. The molecule has 5 aromatic heterocycles. The fraction of sp³-hybridized carbons (Fsp3) is 0.291. The number of hydrogen-bond acceptors (Lipinski definition) is 16. The first-order chi connectivity index (χ1) is 49.7. The molecule has 5 aliphatic heterocycles. The van der Waals surface area contributed by atoms with Gasteiger partial charge in [-0.25, -0.2) is 18.5 Å². The fourth-order valence-electron chi connectivity index (χ4n) is 14.9. The molecule has 102 heavy (non-hydrogen) atoms. The molecule has 6 aliphatic rings. The highest BCUT2D eigenvalue weighted by Crippen LogP contribution is 2.45. The Bertz CT molecular complexity index is 5480. The zero-order chi connectivity index (χ0) is 70.2. The maximum atomic E-state index is 13.2. The maximum absolute atomic E-state index is 13.2. The monoisotopic (exact) mass is 1390 g/mol. The number of aromatic amines is 4. The van der Waals surface area contributed by atoms with Crippen molar-refractivity contribution in [2.75, 3.05) is 111 Å². The summed E-state index contributed by atoms with van der Waals surface area (Å²) in [5.41, 5.74) is 14.4. The molecule has 1 atom stereocenters. The third-order valence-corrected chi connectivity index (χ3v) is 21.8. The lowest BCUT2D eigenvalue weighted by molar-refractivity contribution is 0.0133. The highest BCUT2D eigenvalue weighted by atomic mass is 32.2. The van der Waals surface area contributed by atoms with Gasteiger partial charge in [0.15, 0.2) is 0 Å². The molecule has 10 heterocycles. The molecule has 0 bridgehead atoms. The number of rotatable bonds is 11. The highest BCUT2D eigenvalue weighted by molar-refractivity contribution is 7.89. The quantitative estimate of drug-likeness (QED) is 0.0595. The summed E-state index contributed by atoms with van der Waals surface area (Å²) < 4.78 is 40.6. The zero-order valence-electron chi connectivity index (χ0n) is 57.6. The molecule has 18 rings (SSSR count). The lowest BCUT2D eigenvalue weighted by Crippen LogP contribution is -2.51. The Morgan fingerprint density at radius 3 is 2.04 bits per heavy atom. The van der Waals surface area contributed by atoms with Crippen LogP contribution in [0.15, 0.2) is 177 Å². The van der Waals surface area contributed by atoms with Crippen molar-refractivity contribution >= 4 is 76.0 Å². The number of H-pyrrole nitrogens is 4. The van der Waals surface area contributed by atoms with Crippen LogP contribution in [0.4, 0.5) is 5.82 Å². The van der Waals surface area contributed by atoms with Crippen LogP contribution >= 0.6 is 0 Å². The Morgan fingerprint density at radius 2 is 1.28 bits per heavy atom. The average molecular weight is 1390 g/mol. The number of likely N-dealkylation sites (N-methyl/N-ethyl adjacent to an activating group) is 2. The summed E-state index contributed by atoms with van der Waals surface area (Å²) in [6.45, 7) is 15.5. The summed E-state index contributed by atoms with van der Waals surface area (Å²) in [4.78, 5) is 75.0. The normalized spacial score (nSPS) is 16.4. The first-order valence-corrected chi connectivity index (χ1v) is 36.5. The number of ether oxygens (including phenoxy) is 2. The number of nitrogens with zero attached hydrogens (tertiary/aromatic N) is 7. The summed E-state index contributed by atoms with van der Waals surface area (Å²) in [6.07, 6.45) is 1.84. The number of nitrogens with one attached hydrogen (secondary N) is 7. The molecule has 1 amide bonds. The number of piperazine rings is 2. The number of morpholine rings is 1. The molecule has 0 spiro atoms. The van der Waals surface area contributed by atoms with Crippen LogP contribution in [0, 0.1) is 0 Å². The first kappa shape index (κ1) is 67.6. The standard InChI is InChI=1S/C23H25N3O4S.C20H20N4O2.C19H19N3O.C17H18N4O/c1-2-21(26-9-11-30-12-10-26)25-31(28,29)16-7-8-17-15(13-16)14-20-18-5-3-4-6-19(18)23(27)24-22(17)20;1-23-7-9-24(10-8-23)12-13-5-6-16-15(11-13)19-18-14(20(25)22-21-19)3-2-4-17(18)26-16;1-20-11-12-5-7-13(8-6-12)18-14-9-10-21-19(23)15-3-2-4-16(22-18)17(14)15;1-20-8-10-21(11-9-20)15-7-6-14-16(19-15)12-4-2-3-5-13(12)17(22)18-14/h3-8,13,21,25H,2,9-12,14H2,1H3,(H,24,27);2-6,11H,7-10,12H2,1H3,(H,22,25);2-8,20,22H,9-11H2,1H3,(H,21,23);2-7H,8-11H2,1H3,(H,18,22). The minimum Gasteiger partial charge on any atom is -0.456 e. The van der Waals surface area contributed by atoms with Gasteiger partial charge in [-0.1, -0.05) is 91.9 Å². The van der Waals surface area contributed by atoms with Crippen LogP contribution in [0.3, 0.4) is 0 Å².